The highest BCUT2D eigenvalue weighted by molar-refractivity contribution is 7.90. The van der Waals surface area contributed by atoms with Gasteiger partial charge < -0.3 is 10.4 Å². The third-order valence-corrected chi connectivity index (χ3v) is 7.95. The van der Waals surface area contributed by atoms with E-state index in [9.17, 15) is 18.0 Å². The lowest BCUT2D eigenvalue weighted by atomic mass is 9.81. The van der Waals surface area contributed by atoms with Crippen molar-refractivity contribution >= 4 is 21.9 Å². The number of hydrogen-bond donors (Lipinski definition) is 2. The van der Waals surface area contributed by atoms with Gasteiger partial charge in [0, 0.05) is 25.0 Å². The van der Waals surface area contributed by atoms with Crippen LogP contribution in [0.25, 0.3) is 0 Å². The van der Waals surface area contributed by atoms with Crippen molar-refractivity contribution in [3.05, 3.63) is 0 Å². The fraction of sp³-hybridized carbons (Fsp3) is 0.875. The molecule has 1 saturated heterocycles. The van der Waals surface area contributed by atoms with Crippen molar-refractivity contribution in [3.63, 3.8) is 0 Å². The van der Waals surface area contributed by atoms with Crippen molar-refractivity contribution < 1.29 is 23.1 Å². The largest absolute Gasteiger partial charge is 0.481 e. The first-order valence-electron chi connectivity index (χ1n) is 8.90. The Bertz CT molecular complexity index is 586. The lowest BCUT2D eigenvalue weighted by Gasteiger charge is -2.33. The minimum Gasteiger partial charge on any atom is -0.481 e. The van der Waals surface area contributed by atoms with Crippen molar-refractivity contribution in [2.75, 3.05) is 13.1 Å². The molecule has 3 rings (SSSR count). The first-order chi connectivity index (χ1) is 11.4. The molecule has 2 saturated carbocycles. The van der Waals surface area contributed by atoms with Crippen LogP contribution in [0.15, 0.2) is 0 Å². The van der Waals surface area contributed by atoms with Crippen LogP contribution in [0.1, 0.15) is 51.4 Å². The highest BCUT2D eigenvalue weighted by Crippen LogP contribution is 2.33. The van der Waals surface area contributed by atoms with Gasteiger partial charge in [0.15, 0.2) is 0 Å². The molecule has 3 aliphatic rings. The van der Waals surface area contributed by atoms with Crippen molar-refractivity contribution in [3.8, 4) is 0 Å². The van der Waals surface area contributed by atoms with Gasteiger partial charge in [-0.15, -0.1) is 0 Å². The summed E-state index contributed by atoms with van der Waals surface area (Å²) < 4.78 is 26.0. The molecule has 0 unspecified atom stereocenters. The number of carboxylic acids is 1. The number of piperidine rings is 1. The molecule has 1 heterocycles. The zero-order chi connectivity index (χ0) is 17.3. The standard InChI is InChI=1S/C16H26N2O5S/c19-15(11-1-3-12(4-2-11)16(20)21)17-13-7-9-18(10-8-13)24(22,23)14-5-6-14/h11-14H,1-10H2,(H,17,19)(H,20,21). The average Bonchev–Trinajstić information content (AvgIpc) is 3.41. The second kappa shape index (κ2) is 7.00. The molecule has 0 bridgehead atoms. The Balaban J connectivity index is 1.43. The van der Waals surface area contributed by atoms with Gasteiger partial charge >= 0.3 is 5.97 Å². The maximum atomic E-state index is 12.3. The second-order valence-electron chi connectivity index (χ2n) is 7.31. The van der Waals surface area contributed by atoms with E-state index in [0.717, 1.165) is 12.8 Å². The first kappa shape index (κ1) is 17.7. The Hall–Kier alpha value is -1.15. The third kappa shape index (κ3) is 3.91. The molecule has 1 amide bonds. The van der Waals surface area contributed by atoms with Crippen LogP contribution >= 0.6 is 0 Å². The molecule has 0 aromatic heterocycles. The van der Waals surface area contributed by atoms with Gasteiger partial charge in [0.25, 0.3) is 0 Å². The van der Waals surface area contributed by atoms with Crippen LogP contribution in [0.2, 0.25) is 0 Å². The van der Waals surface area contributed by atoms with Crippen molar-refractivity contribution in [1.29, 1.82) is 0 Å². The van der Waals surface area contributed by atoms with Crippen LogP contribution in [0, 0.1) is 11.8 Å². The summed E-state index contributed by atoms with van der Waals surface area (Å²) >= 11 is 0. The monoisotopic (exact) mass is 358 g/mol. The molecular formula is C16H26N2O5S. The fourth-order valence-electron chi connectivity index (χ4n) is 3.75. The smallest absolute Gasteiger partial charge is 0.306 e. The quantitative estimate of drug-likeness (QED) is 0.761. The summed E-state index contributed by atoms with van der Waals surface area (Å²) in [6, 6.07) is 0.0281. The number of aliphatic carboxylic acids is 1. The average molecular weight is 358 g/mol. The van der Waals surface area contributed by atoms with Crippen LogP contribution in [0.3, 0.4) is 0 Å². The molecule has 136 valence electrons. The maximum absolute atomic E-state index is 12.3. The van der Waals surface area contributed by atoms with Crippen molar-refractivity contribution in [2.45, 2.75) is 62.7 Å². The Labute approximate surface area is 142 Å². The second-order valence-corrected chi connectivity index (χ2v) is 9.53. The number of hydrogen-bond acceptors (Lipinski definition) is 4. The van der Waals surface area contributed by atoms with Crippen LogP contribution < -0.4 is 5.32 Å². The summed E-state index contributed by atoms with van der Waals surface area (Å²) in [5, 5.41) is 11.9. The summed E-state index contributed by atoms with van der Waals surface area (Å²) in [5.41, 5.74) is 0. The lowest BCUT2D eigenvalue weighted by Crippen LogP contribution is -2.48. The van der Waals surface area contributed by atoms with E-state index >= 15 is 0 Å². The number of carbonyl (C=O) groups is 2. The van der Waals surface area contributed by atoms with E-state index in [0.29, 0.717) is 51.6 Å². The first-order valence-corrected chi connectivity index (χ1v) is 10.4. The lowest BCUT2D eigenvalue weighted by molar-refractivity contribution is -0.144. The molecule has 0 aromatic rings. The van der Waals surface area contributed by atoms with Crippen LogP contribution in [0.5, 0.6) is 0 Å². The minimum absolute atomic E-state index is 0.00217. The van der Waals surface area contributed by atoms with Crippen LogP contribution in [0.4, 0.5) is 0 Å². The predicted molar refractivity (Wildman–Crippen MR) is 87.8 cm³/mol. The van der Waals surface area contributed by atoms with Gasteiger partial charge in [-0.2, -0.15) is 0 Å². The molecule has 7 nitrogen and oxygen atoms in total. The van der Waals surface area contributed by atoms with E-state index in [-0.39, 0.29) is 29.0 Å². The van der Waals surface area contributed by atoms with Crippen LogP contribution in [-0.2, 0) is 19.6 Å². The van der Waals surface area contributed by atoms with E-state index in [1.54, 1.807) is 4.31 Å². The van der Waals surface area contributed by atoms with Crippen molar-refractivity contribution in [2.24, 2.45) is 11.8 Å². The van der Waals surface area contributed by atoms with Gasteiger partial charge in [0.05, 0.1) is 11.2 Å². The Morgan fingerprint density at radius 3 is 1.92 bits per heavy atom. The van der Waals surface area contributed by atoms with E-state index in [4.69, 9.17) is 5.11 Å². The van der Waals surface area contributed by atoms with Gasteiger partial charge in [-0.1, -0.05) is 0 Å². The number of carboxylic acid groups (broad SMARTS) is 1. The SMILES string of the molecule is O=C(O)C1CCC(C(=O)NC2CCN(S(=O)(=O)C3CC3)CC2)CC1. The molecule has 24 heavy (non-hydrogen) atoms. The number of sulfonamides is 1. The van der Waals surface area contributed by atoms with Gasteiger partial charge in [-0.3, -0.25) is 9.59 Å². The zero-order valence-corrected chi connectivity index (χ0v) is 14.6. The summed E-state index contributed by atoms with van der Waals surface area (Å²) in [6.07, 6.45) is 5.23. The summed E-state index contributed by atoms with van der Waals surface area (Å²) in [6.45, 7) is 0.963. The zero-order valence-electron chi connectivity index (χ0n) is 13.8. The summed E-state index contributed by atoms with van der Waals surface area (Å²) in [4.78, 5) is 23.3. The summed E-state index contributed by atoms with van der Waals surface area (Å²) in [7, 11) is -3.11. The Morgan fingerprint density at radius 1 is 0.875 bits per heavy atom. The molecule has 1 aliphatic heterocycles. The Kier molecular flexibility index (Phi) is 5.15. The van der Waals surface area contributed by atoms with E-state index < -0.39 is 16.0 Å². The highest BCUT2D eigenvalue weighted by Gasteiger charge is 2.41. The highest BCUT2D eigenvalue weighted by atomic mass is 32.2. The number of nitrogens with zero attached hydrogens (tertiary/aromatic N) is 1. The third-order valence-electron chi connectivity index (χ3n) is 5.55. The summed E-state index contributed by atoms with van der Waals surface area (Å²) in [5.74, 6) is -1.18. The van der Waals surface area contributed by atoms with Gasteiger partial charge in [0.1, 0.15) is 0 Å². The van der Waals surface area contributed by atoms with E-state index in [1.807, 2.05) is 0 Å². The van der Waals surface area contributed by atoms with E-state index in [2.05, 4.69) is 5.32 Å². The predicted octanol–water partition coefficient (Wildman–Crippen LogP) is 0.950. The topological polar surface area (TPSA) is 104 Å². The maximum Gasteiger partial charge on any atom is 0.306 e. The van der Waals surface area contributed by atoms with Gasteiger partial charge in [0.2, 0.25) is 15.9 Å². The van der Waals surface area contributed by atoms with Crippen molar-refractivity contribution in [1.82, 2.24) is 9.62 Å². The molecule has 0 radical (unpaired) electrons. The fourth-order valence-corrected chi connectivity index (χ4v) is 5.63. The number of nitrogens with one attached hydrogen (secondary N) is 1. The van der Waals surface area contributed by atoms with E-state index in [1.165, 1.54) is 0 Å². The number of amides is 1. The van der Waals surface area contributed by atoms with Crippen LogP contribution in [-0.4, -0.2) is 54.1 Å². The molecule has 8 heteroatoms. The molecule has 0 spiro atoms. The molecule has 2 aliphatic carbocycles. The molecule has 3 fully saturated rings. The minimum atomic E-state index is -3.11. The molecule has 0 aromatic carbocycles. The molecular weight excluding hydrogens is 332 g/mol. The molecule has 2 N–H and O–H groups in total. The van der Waals surface area contributed by atoms with Gasteiger partial charge in [-0.25, -0.2) is 12.7 Å². The number of carbonyl (C=O) groups excluding carboxylic acids is 1. The normalized spacial score (nSPS) is 30.0. The molecule has 0 atom stereocenters. The number of rotatable bonds is 5. The van der Waals surface area contributed by atoms with Gasteiger partial charge in [-0.05, 0) is 51.4 Å². The Morgan fingerprint density at radius 2 is 1.42 bits per heavy atom.